The van der Waals surface area contributed by atoms with Crippen LogP contribution in [0.3, 0.4) is 0 Å². The lowest BCUT2D eigenvalue weighted by Gasteiger charge is -1.99. The molecule has 0 amide bonds. The van der Waals surface area contributed by atoms with Crippen molar-refractivity contribution in [3.05, 3.63) is 35.4 Å². The first-order valence-electron chi connectivity index (χ1n) is 3.86. The molecule has 0 atom stereocenters. The molecule has 0 saturated heterocycles. The van der Waals surface area contributed by atoms with Crippen molar-refractivity contribution in [2.45, 2.75) is 6.42 Å². The van der Waals surface area contributed by atoms with Gasteiger partial charge in [-0.25, -0.2) is 8.78 Å². The molecule has 4 heteroatoms. The minimum atomic E-state index is -1.10. The van der Waals surface area contributed by atoms with Gasteiger partial charge in [-0.15, -0.1) is 0 Å². The SMILES string of the molecule is N#CCC=Cc1cc(F)c(F)cc1O. The molecule has 0 fully saturated rings. The summed E-state index contributed by atoms with van der Waals surface area (Å²) in [6.07, 6.45) is 2.96. The standard InChI is InChI=1S/C10H7F2NO/c11-8-5-7(3-1-2-4-13)10(14)6-9(8)12/h1,3,5-6,14H,2H2. The predicted octanol–water partition coefficient (Wildman–Crippen LogP) is 2.60. The summed E-state index contributed by atoms with van der Waals surface area (Å²) in [5.74, 6) is -2.47. The van der Waals surface area contributed by atoms with E-state index in [9.17, 15) is 13.9 Å². The van der Waals surface area contributed by atoms with Crippen LogP contribution in [0.25, 0.3) is 6.08 Å². The molecule has 0 aliphatic rings. The Bertz CT molecular complexity index is 407. The fraction of sp³-hybridized carbons (Fsp3) is 0.100. The molecule has 1 N–H and O–H groups in total. The fourth-order valence-corrected chi connectivity index (χ4v) is 0.924. The van der Waals surface area contributed by atoms with Crippen molar-refractivity contribution in [1.29, 1.82) is 5.26 Å². The molecule has 2 nitrogen and oxygen atoms in total. The Morgan fingerprint density at radius 2 is 2.00 bits per heavy atom. The zero-order valence-corrected chi connectivity index (χ0v) is 7.17. The predicted molar refractivity (Wildman–Crippen MR) is 47.3 cm³/mol. The van der Waals surface area contributed by atoms with Crippen molar-refractivity contribution in [2.75, 3.05) is 0 Å². The van der Waals surface area contributed by atoms with Gasteiger partial charge >= 0.3 is 0 Å². The molecule has 0 heterocycles. The molecular formula is C10H7F2NO. The average molecular weight is 195 g/mol. The molecular weight excluding hydrogens is 188 g/mol. The van der Waals surface area contributed by atoms with Gasteiger partial charge in [0.25, 0.3) is 0 Å². The van der Waals surface area contributed by atoms with Gasteiger partial charge in [-0.1, -0.05) is 12.2 Å². The first-order valence-corrected chi connectivity index (χ1v) is 3.86. The number of hydrogen-bond acceptors (Lipinski definition) is 2. The number of allylic oxidation sites excluding steroid dienone is 1. The van der Waals surface area contributed by atoms with Crippen molar-refractivity contribution in [2.24, 2.45) is 0 Å². The van der Waals surface area contributed by atoms with Crippen LogP contribution < -0.4 is 0 Å². The summed E-state index contributed by atoms with van der Waals surface area (Å²) in [7, 11) is 0. The zero-order chi connectivity index (χ0) is 10.6. The highest BCUT2D eigenvalue weighted by Crippen LogP contribution is 2.22. The zero-order valence-electron chi connectivity index (χ0n) is 7.17. The van der Waals surface area contributed by atoms with Crippen LogP contribution in [-0.2, 0) is 0 Å². The minimum absolute atomic E-state index is 0.151. The van der Waals surface area contributed by atoms with Crippen molar-refractivity contribution in [3.63, 3.8) is 0 Å². The molecule has 0 aliphatic heterocycles. The quantitative estimate of drug-likeness (QED) is 0.788. The Morgan fingerprint density at radius 3 is 2.64 bits per heavy atom. The molecule has 1 aromatic rings. The summed E-state index contributed by atoms with van der Waals surface area (Å²) in [5, 5.41) is 17.4. The number of phenols is 1. The average Bonchev–Trinajstić information content (AvgIpc) is 2.14. The maximum Gasteiger partial charge on any atom is 0.162 e. The second-order valence-electron chi connectivity index (χ2n) is 2.59. The Balaban J connectivity index is 2.99. The number of halogens is 2. The Labute approximate surface area is 79.7 Å². The van der Waals surface area contributed by atoms with E-state index in [1.807, 2.05) is 6.07 Å². The van der Waals surface area contributed by atoms with E-state index in [1.54, 1.807) is 0 Å². The summed E-state index contributed by atoms with van der Waals surface area (Å²) in [4.78, 5) is 0. The lowest BCUT2D eigenvalue weighted by molar-refractivity contribution is 0.453. The van der Waals surface area contributed by atoms with Crippen LogP contribution in [0.1, 0.15) is 12.0 Å². The number of benzene rings is 1. The van der Waals surface area contributed by atoms with E-state index < -0.39 is 11.6 Å². The van der Waals surface area contributed by atoms with Gasteiger partial charge in [0.1, 0.15) is 5.75 Å². The lowest BCUT2D eigenvalue weighted by atomic mass is 10.1. The van der Waals surface area contributed by atoms with Crippen molar-refractivity contribution in [3.8, 4) is 11.8 Å². The monoisotopic (exact) mass is 195 g/mol. The van der Waals surface area contributed by atoms with E-state index >= 15 is 0 Å². The summed E-state index contributed by atoms with van der Waals surface area (Å²) in [6.45, 7) is 0. The largest absolute Gasteiger partial charge is 0.507 e. The third-order valence-electron chi connectivity index (χ3n) is 1.58. The number of aromatic hydroxyl groups is 1. The van der Waals surface area contributed by atoms with Gasteiger partial charge in [0, 0.05) is 11.6 Å². The van der Waals surface area contributed by atoms with Gasteiger partial charge in [-0.3, -0.25) is 0 Å². The highest BCUT2D eigenvalue weighted by molar-refractivity contribution is 5.57. The topological polar surface area (TPSA) is 44.0 Å². The normalized spacial score (nSPS) is 10.4. The van der Waals surface area contributed by atoms with Crippen molar-refractivity contribution < 1.29 is 13.9 Å². The molecule has 0 spiro atoms. The van der Waals surface area contributed by atoms with Gasteiger partial charge in [0.05, 0.1) is 12.5 Å². The van der Waals surface area contributed by atoms with Crippen LogP contribution in [0.15, 0.2) is 18.2 Å². The number of nitriles is 1. The smallest absolute Gasteiger partial charge is 0.162 e. The van der Waals surface area contributed by atoms with E-state index in [0.717, 1.165) is 6.07 Å². The van der Waals surface area contributed by atoms with Crippen molar-refractivity contribution >= 4 is 6.08 Å². The Hall–Kier alpha value is -1.89. The lowest BCUT2D eigenvalue weighted by Crippen LogP contribution is -1.85. The van der Waals surface area contributed by atoms with Gasteiger partial charge < -0.3 is 5.11 Å². The second-order valence-corrected chi connectivity index (χ2v) is 2.59. The first kappa shape index (κ1) is 10.2. The third kappa shape index (κ3) is 2.30. The summed E-state index contributed by atoms with van der Waals surface area (Å²) < 4.78 is 25.2. The maximum absolute atomic E-state index is 12.7. The highest BCUT2D eigenvalue weighted by Gasteiger charge is 2.06. The van der Waals surface area contributed by atoms with Gasteiger partial charge in [-0.05, 0) is 6.07 Å². The molecule has 1 aromatic carbocycles. The van der Waals surface area contributed by atoms with Crippen LogP contribution in [0.5, 0.6) is 5.75 Å². The van der Waals surface area contributed by atoms with Crippen LogP contribution >= 0.6 is 0 Å². The van der Waals surface area contributed by atoms with Crippen LogP contribution in [0.2, 0.25) is 0 Å². The van der Waals surface area contributed by atoms with E-state index in [4.69, 9.17) is 5.26 Å². The summed E-state index contributed by atoms with van der Waals surface area (Å²) in [5.41, 5.74) is 0.152. The van der Waals surface area contributed by atoms with Crippen LogP contribution in [0.4, 0.5) is 8.78 Å². The van der Waals surface area contributed by atoms with Crippen LogP contribution in [-0.4, -0.2) is 5.11 Å². The third-order valence-corrected chi connectivity index (χ3v) is 1.58. The Morgan fingerprint density at radius 1 is 1.36 bits per heavy atom. The number of nitrogens with zero attached hydrogens (tertiary/aromatic N) is 1. The molecule has 14 heavy (non-hydrogen) atoms. The van der Waals surface area contributed by atoms with Gasteiger partial charge in [-0.2, -0.15) is 5.26 Å². The van der Waals surface area contributed by atoms with Gasteiger partial charge in [0.15, 0.2) is 11.6 Å². The molecule has 1 rings (SSSR count). The molecule has 0 saturated carbocycles. The summed E-state index contributed by atoms with van der Waals surface area (Å²) >= 11 is 0. The maximum atomic E-state index is 12.7. The molecule has 0 unspecified atom stereocenters. The van der Waals surface area contributed by atoms with E-state index in [0.29, 0.717) is 6.07 Å². The molecule has 72 valence electrons. The van der Waals surface area contributed by atoms with Crippen LogP contribution in [0, 0.1) is 23.0 Å². The second kappa shape index (κ2) is 4.38. The van der Waals surface area contributed by atoms with E-state index in [-0.39, 0.29) is 17.7 Å². The van der Waals surface area contributed by atoms with Crippen molar-refractivity contribution in [1.82, 2.24) is 0 Å². The molecule has 0 aromatic heterocycles. The first-order chi connectivity index (χ1) is 6.65. The molecule has 0 radical (unpaired) electrons. The van der Waals surface area contributed by atoms with Gasteiger partial charge in [0.2, 0.25) is 0 Å². The minimum Gasteiger partial charge on any atom is -0.507 e. The number of hydrogen-bond donors (Lipinski definition) is 1. The van der Waals surface area contributed by atoms with E-state index in [1.165, 1.54) is 12.2 Å². The van der Waals surface area contributed by atoms with E-state index in [2.05, 4.69) is 0 Å². The Kier molecular flexibility index (Phi) is 3.19. The molecule has 0 aliphatic carbocycles. The molecule has 0 bridgehead atoms. The highest BCUT2D eigenvalue weighted by atomic mass is 19.2. The number of phenolic OH excluding ortho intramolecular Hbond substituents is 1. The number of rotatable bonds is 2. The summed E-state index contributed by atoms with van der Waals surface area (Å²) in [6, 6.07) is 3.42. The fourth-order valence-electron chi connectivity index (χ4n) is 0.924.